The first-order chi connectivity index (χ1) is 9.31. The van der Waals surface area contributed by atoms with Gasteiger partial charge in [-0.2, -0.15) is 5.10 Å². The molecule has 1 aromatic carbocycles. The van der Waals surface area contributed by atoms with E-state index >= 15 is 0 Å². The Morgan fingerprint density at radius 3 is 2.84 bits per heavy atom. The minimum Gasteiger partial charge on any atom is -0.392 e. The van der Waals surface area contributed by atoms with E-state index < -0.39 is 0 Å². The molecule has 0 atom stereocenters. The Hall–Kier alpha value is -2.20. The van der Waals surface area contributed by atoms with Gasteiger partial charge in [-0.25, -0.2) is 4.98 Å². The number of benzene rings is 1. The van der Waals surface area contributed by atoms with Crippen molar-refractivity contribution in [1.29, 1.82) is 0 Å². The van der Waals surface area contributed by atoms with Crippen LogP contribution in [0.25, 0.3) is 22.2 Å². The molecule has 0 saturated carbocycles. The fourth-order valence-electron chi connectivity index (χ4n) is 2.19. The fraction of sp³-hybridized carbons (Fsp3) is 0.200. The zero-order chi connectivity index (χ0) is 13.2. The lowest BCUT2D eigenvalue weighted by Crippen LogP contribution is -1.93. The molecule has 2 aromatic heterocycles. The number of para-hydroxylation sites is 1. The second-order valence-corrected chi connectivity index (χ2v) is 4.43. The third kappa shape index (κ3) is 2.11. The Bertz CT molecular complexity index is 718. The highest BCUT2D eigenvalue weighted by atomic mass is 16.3. The van der Waals surface area contributed by atoms with Crippen LogP contribution in [0.5, 0.6) is 0 Å². The van der Waals surface area contributed by atoms with Crippen LogP contribution >= 0.6 is 0 Å². The van der Waals surface area contributed by atoms with Crippen LogP contribution in [0.2, 0.25) is 0 Å². The summed E-state index contributed by atoms with van der Waals surface area (Å²) in [4.78, 5) is 4.64. The summed E-state index contributed by atoms with van der Waals surface area (Å²) in [5.41, 5.74) is 3.61. The minimum absolute atomic E-state index is 0.0119. The summed E-state index contributed by atoms with van der Waals surface area (Å²) in [6, 6.07) is 9.78. The molecule has 0 aliphatic heterocycles. The standard InChI is InChI=1S/C15H15N3O/c1-2-18-9-12(8-16-18)15-7-11(10-19)13-5-3-4-6-14(13)17-15/h3-9,19H,2,10H2,1H3. The van der Waals surface area contributed by atoms with Gasteiger partial charge in [0.15, 0.2) is 0 Å². The summed E-state index contributed by atoms with van der Waals surface area (Å²) in [7, 11) is 0. The van der Waals surface area contributed by atoms with Gasteiger partial charge < -0.3 is 5.11 Å². The van der Waals surface area contributed by atoms with Gasteiger partial charge in [0.25, 0.3) is 0 Å². The van der Waals surface area contributed by atoms with Crippen LogP contribution in [0.1, 0.15) is 12.5 Å². The molecule has 0 fully saturated rings. The zero-order valence-electron chi connectivity index (χ0n) is 10.7. The van der Waals surface area contributed by atoms with E-state index in [9.17, 15) is 5.11 Å². The van der Waals surface area contributed by atoms with Crippen molar-refractivity contribution in [2.24, 2.45) is 0 Å². The number of aryl methyl sites for hydroxylation is 1. The molecular weight excluding hydrogens is 238 g/mol. The van der Waals surface area contributed by atoms with Crippen molar-refractivity contribution in [2.45, 2.75) is 20.1 Å². The largest absolute Gasteiger partial charge is 0.392 e. The molecular formula is C15H15N3O. The first kappa shape index (κ1) is 11.9. The number of aliphatic hydroxyl groups excluding tert-OH is 1. The second kappa shape index (κ2) is 4.82. The molecule has 3 aromatic rings. The van der Waals surface area contributed by atoms with E-state index in [2.05, 4.69) is 10.1 Å². The summed E-state index contributed by atoms with van der Waals surface area (Å²) < 4.78 is 1.87. The molecule has 0 spiro atoms. The van der Waals surface area contributed by atoms with Gasteiger partial charge in [-0.1, -0.05) is 18.2 Å². The molecule has 1 N–H and O–H groups in total. The highest BCUT2D eigenvalue weighted by Crippen LogP contribution is 2.24. The fourth-order valence-corrected chi connectivity index (χ4v) is 2.19. The smallest absolute Gasteiger partial charge is 0.0744 e. The van der Waals surface area contributed by atoms with Crippen molar-refractivity contribution < 1.29 is 5.11 Å². The van der Waals surface area contributed by atoms with E-state index in [-0.39, 0.29) is 6.61 Å². The number of rotatable bonds is 3. The molecule has 3 rings (SSSR count). The van der Waals surface area contributed by atoms with Gasteiger partial charge in [-0.3, -0.25) is 4.68 Å². The lowest BCUT2D eigenvalue weighted by Gasteiger charge is -2.06. The van der Waals surface area contributed by atoms with Crippen molar-refractivity contribution in [3.8, 4) is 11.3 Å². The van der Waals surface area contributed by atoms with Crippen molar-refractivity contribution in [2.75, 3.05) is 0 Å². The van der Waals surface area contributed by atoms with E-state index in [1.165, 1.54) is 0 Å². The van der Waals surface area contributed by atoms with Crippen LogP contribution in [-0.2, 0) is 13.2 Å². The topological polar surface area (TPSA) is 50.9 Å². The highest BCUT2D eigenvalue weighted by Gasteiger charge is 2.08. The molecule has 96 valence electrons. The van der Waals surface area contributed by atoms with Gasteiger partial charge in [-0.05, 0) is 24.6 Å². The maximum atomic E-state index is 9.51. The van der Waals surface area contributed by atoms with Crippen LogP contribution < -0.4 is 0 Å². The van der Waals surface area contributed by atoms with E-state index in [0.29, 0.717) is 0 Å². The van der Waals surface area contributed by atoms with Gasteiger partial charge in [0.05, 0.1) is 24.0 Å². The SMILES string of the molecule is CCn1cc(-c2cc(CO)c3ccccc3n2)cn1. The van der Waals surface area contributed by atoms with Crippen molar-refractivity contribution in [3.63, 3.8) is 0 Å². The highest BCUT2D eigenvalue weighted by molar-refractivity contribution is 5.84. The van der Waals surface area contributed by atoms with Crippen molar-refractivity contribution in [3.05, 3.63) is 48.3 Å². The van der Waals surface area contributed by atoms with E-state index in [4.69, 9.17) is 0 Å². The molecule has 2 heterocycles. The Morgan fingerprint density at radius 2 is 2.11 bits per heavy atom. The molecule has 0 unspecified atom stereocenters. The van der Waals surface area contributed by atoms with Gasteiger partial charge in [0.1, 0.15) is 0 Å². The van der Waals surface area contributed by atoms with Crippen LogP contribution in [0.3, 0.4) is 0 Å². The van der Waals surface area contributed by atoms with Crippen LogP contribution in [0, 0.1) is 0 Å². The van der Waals surface area contributed by atoms with Crippen molar-refractivity contribution in [1.82, 2.24) is 14.8 Å². The lowest BCUT2D eigenvalue weighted by molar-refractivity contribution is 0.283. The number of aromatic nitrogens is 3. The summed E-state index contributed by atoms with van der Waals surface area (Å²) in [6.07, 6.45) is 3.78. The van der Waals surface area contributed by atoms with Gasteiger partial charge in [0.2, 0.25) is 0 Å². The monoisotopic (exact) mass is 253 g/mol. The maximum Gasteiger partial charge on any atom is 0.0744 e. The molecule has 0 aliphatic carbocycles. The summed E-state index contributed by atoms with van der Waals surface area (Å²) in [5.74, 6) is 0. The second-order valence-electron chi connectivity index (χ2n) is 4.43. The molecule has 19 heavy (non-hydrogen) atoms. The summed E-state index contributed by atoms with van der Waals surface area (Å²) >= 11 is 0. The molecule has 0 aliphatic rings. The van der Waals surface area contributed by atoms with Gasteiger partial charge in [0, 0.05) is 23.7 Å². The number of pyridine rings is 1. The number of hydrogen-bond acceptors (Lipinski definition) is 3. The van der Waals surface area contributed by atoms with E-state index in [0.717, 1.165) is 34.3 Å². The first-order valence-electron chi connectivity index (χ1n) is 6.34. The maximum absolute atomic E-state index is 9.51. The average Bonchev–Trinajstić information content (AvgIpc) is 2.95. The predicted octanol–water partition coefficient (Wildman–Crippen LogP) is 2.61. The Balaban J connectivity index is 2.18. The number of fused-ring (bicyclic) bond motifs is 1. The third-order valence-corrected chi connectivity index (χ3v) is 3.23. The molecule has 4 nitrogen and oxygen atoms in total. The Kier molecular flexibility index (Phi) is 3.01. The quantitative estimate of drug-likeness (QED) is 0.780. The van der Waals surface area contributed by atoms with Crippen LogP contribution in [0.15, 0.2) is 42.7 Å². The first-order valence-corrected chi connectivity index (χ1v) is 6.34. The molecule has 0 saturated heterocycles. The van der Waals surface area contributed by atoms with E-state index in [1.54, 1.807) is 0 Å². The normalized spacial score (nSPS) is 11.1. The Morgan fingerprint density at radius 1 is 1.26 bits per heavy atom. The number of aliphatic hydroxyl groups is 1. The Labute approximate surface area is 111 Å². The third-order valence-electron chi connectivity index (χ3n) is 3.23. The van der Waals surface area contributed by atoms with Gasteiger partial charge in [-0.15, -0.1) is 0 Å². The summed E-state index contributed by atoms with van der Waals surface area (Å²) in [5, 5.41) is 14.8. The van der Waals surface area contributed by atoms with Crippen molar-refractivity contribution >= 4 is 10.9 Å². The van der Waals surface area contributed by atoms with Gasteiger partial charge >= 0.3 is 0 Å². The average molecular weight is 253 g/mol. The number of hydrogen-bond donors (Lipinski definition) is 1. The molecule has 4 heteroatoms. The summed E-state index contributed by atoms with van der Waals surface area (Å²) in [6.45, 7) is 2.89. The molecule has 0 bridgehead atoms. The number of nitrogens with zero attached hydrogens (tertiary/aromatic N) is 3. The van der Waals surface area contributed by atoms with Crippen LogP contribution in [0.4, 0.5) is 0 Å². The zero-order valence-corrected chi connectivity index (χ0v) is 10.7. The predicted molar refractivity (Wildman–Crippen MR) is 74.6 cm³/mol. The minimum atomic E-state index is 0.0119. The van der Waals surface area contributed by atoms with Crippen LogP contribution in [-0.4, -0.2) is 19.9 Å². The van der Waals surface area contributed by atoms with E-state index in [1.807, 2.05) is 54.3 Å². The molecule has 0 radical (unpaired) electrons. The molecule has 0 amide bonds. The lowest BCUT2D eigenvalue weighted by atomic mass is 10.1.